The SMILES string of the molecule is CCOC(=O)C(C)(C)Oc1ccc(C(=O)CCc2sc(-c3cc(F)cc(F)c3)nc2C(C)C)cc1C. The van der Waals surface area contributed by atoms with Gasteiger partial charge in [0.1, 0.15) is 22.4 Å². The minimum atomic E-state index is -1.16. The van der Waals surface area contributed by atoms with Crippen molar-refractivity contribution in [2.24, 2.45) is 0 Å². The van der Waals surface area contributed by atoms with Gasteiger partial charge in [-0.05, 0) is 75.9 Å². The van der Waals surface area contributed by atoms with Gasteiger partial charge >= 0.3 is 5.97 Å². The molecular weight excluding hydrogens is 484 g/mol. The fourth-order valence-electron chi connectivity index (χ4n) is 3.72. The Balaban J connectivity index is 1.74. The molecule has 0 radical (unpaired) electrons. The number of esters is 1. The van der Waals surface area contributed by atoms with E-state index in [1.165, 1.54) is 23.5 Å². The summed E-state index contributed by atoms with van der Waals surface area (Å²) >= 11 is 1.35. The minimum Gasteiger partial charge on any atom is -0.476 e. The van der Waals surface area contributed by atoms with Crippen LogP contribution in [0.2, 0.25) is 0 Å². The molecular formula is C28H31F2NO4S. The average molecular weight is 516 g/mol. The van der Waals surface area contributed by atoms with Crippen molar-refractivity contribution in [1.82, 2.24) is 4.98 Å². The smallest absolute Gasteiger partial charge is 0.349 e. The lowest BCUT2D eigenvalue weighted by Crippen LogP contribution is -2.39. The van der Waals surface area contributed by atoms with Crippen LogP contribution in [-0.4, -0.2) is 28.9 Å². The van der Waals surface area contributed by atoms with Gasteiger partial charge in [0.05, 0.1) is 12.3 Å². The van der Waals surface area contributed by atoms with E-state index in [1.54, 1.807) is 39.0 Å². The van der Waals surface area contributed by atoms with Gasteiger partial charge in [-0.1, -0.05) is 13.8 Å². The molecule has 0 aliphatic rings. The van der Waals surface area contributed by atoms with Crippen LogP contribution in [0.3, 0.4) is 0 Å². The average Bonchev–Trinajstić information content (AvgIpc) is 3.23. The third-order valence-electron chi connectivity index (χ3n) is 5.59. The first-order valence-corrected chi connectivity index (χ1v) is 12.7. The van der Waals surface area contributed by atoms with E-state index in [1.807, 2.05) is 20.8 Å². The molecule has 0 bridgehead atoms. The number of hydrogen-bond acceptors (Lipinski definition) is 6. The van der Waals surface area contributed by atoms with Crippen molar-refractivity contribution in [3.63, 3.8) is 0 Å². The number of carbonyl (C=O) groups excluding carboxylic acids is 2. The lowest BCUT2D eigenvalue weighted by molar-refractivity contribution is -0.158. The molecule has 3 rings (SSSR count). The van der Waals surface area contributed by atoms with Gasteiger partial charge < -0.3 is 9.47 Å². The number of carbonyl (C=O) groups is 2. The molecule has 0 spiro atoms. The van der Waals surface area contributed by atoms with Crippen LogP contribution in [0.1, 0.15) is 73.4 Å². The molecule has 192 valence electrons. The van der Waals surface area contributed by atoms with Crippen molar-refractivity contribution in [2.45, 2.75) is 65.9 Å². The molecule has 3 aromatic rings. The van der Waals surface area contributed by atoms with Crippen LogP contribution in [0.25, 0.3) is 10.6 Å². The van der Waals surface area contributed by atoms with Gasteiger partial charge in [-0.15, -0.1) is 11.3 Å². The Morgan fingerprint density at radius 3 is 2.33 bits per heavy atom. The van der Waals surface area contributed by atoms with E-state index >= 15 is 0 Å². The minimum absolute atomic E-state index is 0.0456. The van der Waals surface area contributed by atoms with Crippen LogP contribution in [0.5, 0.6) is 5.75 Å². The predicted molar refractivity (Wildman–Crippen MR) is 137 cm³/mol. The van der Waals surface area contributed by atoms with Gasteiger partial charge in [0.2, 0.25) is 0 Å². The van der Waals surface area contributed by atoms with Crippen molar-refractivity contribution in [3.8, 4) is 16.3 Å². The van der Waals surface area contributed by atoms with E-state index in [-0.39, 0.29) is 24.7 Å². The number of ether oxygens (including phenoxy) is 2. The Hall–Kier alpha value is -3.13. The van der Waals surface area contributed by atoms with Crippen molar-refractivity contribution < 1.29 is 27.8 Å². The number of nitrogens with zero attached hydrogens (tertiary/aromatic N) is 1. The highest BCUT2D eigenvalue weighted by molar-refractivity contribution is 7.15. The normalized spacial score (nSPS) is 11.6. The molecule has 8 heteroatoms. The van der Waals surface area contributed by atoms with Crippen LogP contribution >= 0.6 is 11.3 Å². The van der Waals surface area contributed by atoms with Crippen LogP contribution < -0.4 is 4.74 Å². The molecule has 1 heterocycles. The van der Waals surface area contributed by atoms with E-state index in [0.717, 1.165) is 22.2 Å². The Morgan fingerprint density at radius 2 is 1.75 bits per heavy atom. The summed E-state index contributed by atoms with van der Waals surface area (Å²) in [5, 5.41) is 0.529. The Kier molecular flexibility index (Phi) is 8.61. The van der Waals surface area contributed by atoms with Gasteiger partial charge in [-0.25, -0.2) is 18.6 Å². The van der Waals surface area contributed by atoms with E-state index in [2.05, 4.69) is 4.98 Å². The highest BCUT2D eigenvalue weighted by Gasteiger charge is 2.32. The molecule has 1 aromatic heterocycles. The Bertz CT molecular complexity index is 1250. The summed E-state index contributed by atoms with van der Waals surface area (Å²) in [7, 11) is 0. The van der Waals surface area contributed by atoms with Crippen LogP contribution in [0.4, 0.5) is 8.78 Å². The first kappa shape index (κ1) is 27.5. The second-order valence-electron chi connectivity index (χ2n) is 9.38. The Labute approximate surface area is 214 Å². The second-order valence-corrected chi connectivity index (χ2v) is 10.5. The molecule has 0 saturated carbocycles. The third-order valence-corrected chi connectivity index (χ3v) is 6.77. The summed E-state index contributed by atoms with van der Waals surface area (Å²) in [4.78, 5) is 30.7. The summed E-state index contributed by atoms with van der Waals surface area (Å²) in [5.41, 5.74) is 1.32. The van der Waals surface area contributed by atoms with Crippen LogP contribution in [0.15, 0.2) is 36.4 Å². The zero-order valence-corrected chi connectivity index (χ0v) is 22.2. The molecule has 0 atom stereocenters. The maximum Gasteiger partial charge on any atom is 0.349 e. The highest BCUT2D eigenvalue weighted by atomic mass is 32.1. The van der Waals surface area contributed by atoms with Crippen molar-refractivity contribution >= 4 is 23.1 Å². The topological polar surface area (TPSA) is 65.5 Å². The highest BCUT2D eigenvalue weighted by Crippen LogP contribution is 2.34. The first-order chi connectivity index (χ1) is 16.9. The number of aromatic nitrogens is 1. The van der Waals surface area contributed by atoms with E-state index in [9.17, 15) is 18.4 Å². The second kappa shape index (κ2) is 11.3. The van der Waals surface area contributed by atoms with Crippen molar-refractivity contribution in [2.75, 3.05) is 6.61 Å². The molecule has 0 amide bonds. The number of hydrogen-bond donors (Lipinski definition) is 0. The van der Waals surface area contributed by atoms with E-state index in [0.29, 0.717) is 28.3 Å². The zero-order chi connectivity index (χ0) is 26.6. The lowest BCUT2D eigenvalue weighted by atomic mass is 10.0. The summed E-state index contributed by atoms with van der Waals surface area (Å²) in [6.07, 6.45) is 0.724. The fourth-order valence-corrected chi connectivity index (χ4v) is 4.93. The number of Topliss-reactive ketones (excluding diaryl/α,β-unsaturated/α-hetero) is 1. The van der Waals surface area contributed by atoms with Crippen molar-refractivity contribution in [3.05, 3.63) is 69.7 Å². The van der Waals surface area contributed by atoms with Crippen LogP contribution in [0, 0.1) is 18.6 Å². The number of rotatable bonds is 10. The molecule has 2 aromatic carbocycles. The first-order valence-electron chi connectivity index (χ1n) is 11.9. The zero-order valence-electron chi connectivity index (χ0n) is 21.4. The number of thiazole rings is 1. The fraction of sp³-hybridized carbons (Fsp3) is 0.393. The Morgan fingerprint density at radius 1 is 1.08 bits per heavy atom. The number of halogens is 2. The summed E-state index contributed by atoms with van der Waals surface area (Å²) in [5.74, 6) is -1.22. The van der Waals surface area contributed by atoms with Gasteiger partial charge in [-0.3, -0.25) is 4.79 Å². The molecule has 0 aliphatic carbocycles. The van der Waals surface area contributed by atoms with Gasteiger partial charge in [-0.2, -0.15) is 0 Å². The van der Waals surface area contributed by atoms with Crippen molar-refractivity contribution in [1.29, 1.82) is 0 Å². The maximum atomic E-state index is 13.7. The third kappa shape index (κ3) is 6.55. The largest absolute Gasteiger partial charge is 0.476 e. The standard InChI is InChI=1S/C28H31F2NO4S/c1-7-34-27(33)28(5,6)35-23-10-8-18(12-17(23)4)22(32)9-11-24-25(16(2)3)31-26(36-24)19-13-20(29)15-21(30)14-19/h8,10,12-16H,7,9,11H2,1-6H3. The monoisotopic (exact) mass is 515 g/mol. The molecule has 0 fully saturated rings. The predicted octanol–water partition coefficient (Wildman–Crippen LogP) is 7.06. The van der Waals surface area contributed by atoms with Gasteiger partial charge in [0.25, 0.3) is 0 Å². The van der Waals surface area contributed by atoms with Gasteiger partial charge in [0, 0.05) is 28.5 Å². The summed E-state index contributed by atoms with van der Waals surface area (Å²) < 4.78 is 38.3. The number of ketones is 1. The molecule has 0 N–H and O–H groups in total. The summed E-state index contributed by atoms with van der Waals surface area (Å²) in [6, 6.07) is 8.47. The van der Waals surface area contributed by atoms with E-state index < -0.39 is 23.2 Å². The number of aryl methyl sites for hydroxylation is 2. The lowest BCUT2D eigenvalue weighted by Gasteiger charge is -2.25. The summed E-state index contributed by atoms with van der Waals surface area (Å²) in [6.45, 7) is 11.1. The quantitative estimate of drug-likeness (QED) is 0.214. The molecule has 0 saturated heterocycles. The molecule has 0 aliphatic heterocycles. The molecule has 36 heavy (non-hydrogen) atoms. The van der Waals surface area contributed by atoms with Gasteiger partial charge in [0.15, 0.2) is 11.4 Å². The van der Waals surface area contributed by atoms with E-state index in [4.69, 9.17) is 9.47 Å². The number of benzene rings is 2. The molecule has 5 nitrogen and oxygen atoms in total. The van der Waals surface area contributed by atoms with Crippen LogP contribution in [-0.2, 0) is 16.0 Å². The maximum absolute atomic E-state index is 13.7. The molecule has 0 unspecified atom stereocenters.